The van der Waals surface area contributed by atoms with Crippen LogP contribution in [-0.4, -0.2) is 25.2 Å². The van der Waals surface area contributed by atoms with Crippen molar-refractivity contribution in [1.29, 1.82) is 0 Å². The molecule has 0 radical (unpaired) electrons. The van der Waals surface area contributed by atoms with Crippen molar-refractivity contribution in [3.8, 4) is 5.75 Å². The fraction of sp³-hybridized carbons (Fsp3) is 0.278. The molecule has 0 bridgehead atoms. The minimum absolute atomic E-state index is 0.113. The van der Waals surface area contributed by atoms with Crippen LogP contribution in [-0.2, 0) is 4.74 Å². The van der Waals surface area contributed by atoms with Crippen molar-refractivity contribution in [2.24, 2.45) is 0 Å². The predicted octanol–water partition coefficient (Wildman–Crippen LogP) is 5.02. The fourth-order valence-electron chi connectivity index (χ4n) is 2.52. The highest BCUT2D eigenvalue weighted by atomic mass is 79.9. The van der Waals surface area contributed by atoms with Gasteiger partial charge in [0.2, 0.25) is 0 Å². The predicted molar refractivity (Wildman–Crippen MR) is 101 cm³/mol. The molecule has 3 rings (SSSR count). The van der Waals surface area contributed by atoms with E-state index < -0.39 is 0 Å². The number of ether oxygens (including phenoxy) is 2. The number of para-hydroxylation sites is 1. The number of hydrogen-bond donors (Lipinski definition) is 1. The third-order valence-electron chi connectivity index (χ3n) is 3.76. The van der Waals surface area contributed by atoms with Crippen molar-refractivity contribution in [3.63, 3.8) is 0 Å². The molecule has 1 aliphatic rings. The summed E-state index contributed by atoms with van der Waals surface area (Å²) in [5.41, 5.74) is 1.21. The Hall–Kier alpha value is -1.37. The number of hydrogen-bond acceptors (Lipinski definition) is 3. The number of benzene rings is 2. The first-order chi connectivity index (χ1) is 11.6. The van der Waals surface area contributed by atoms with Crippen LogP contribution in [0.1, 0.15) is 23.2 Å². The number of rotatable bonds is 5. The molecule has 0 aromatic heterocycles. The topological polar surface area (TPSA) is 47.6 Å². The van der Waals surface area contributed by atoms with E-state index in [1.54, 1.807) is 12.1 Å². The Morgan fingerprint density at radius 2 is 2.08 bits per heavy atom. The lowest BCUT2D eigenvalue weighted by Gasteiger charge is -2.15. The van der Waals surface area contributed by atoms with Crippen LogP contribution in [0.4, 0.5) is 5.69 Å². The van der Waals surface area contributed by atoms with Crippen LogP contribution in [0.3, 0.4) is 0 Å². The Balaban J connectivity index is 1.72. The van der Waals surface area contributed by atoms with E-state index in [9.17, 15) is 4.79 Å². The fourth-order valence-corrected chi connectivity index (χ4v) is 3.67. The van der Waals surface area contributed by atoms with Gasteiger partial charge in [-0.3, -0.25) is 4.79 Å². The normalized spacial score (nSPS) is 16.8. The molecule has 1 aliphatic heterocycles. The molecule has 1 saturated heterocycles. The number of anilines is 1. The number of carbonyl (C=O) groups excluding carboxylic acids is 1. The molecule has 1 unspecified atom stereocenters. The molecule has 2 aromatic rings. The van der Waals surface area contributed by atoms with Crippen LogP contribution >= 0.6 is 31.9 Å². The molecule has 4 nitrogen and oxygen atoms in total. The molecular formula is C18H17Br2NO3. The van der Waals surface area contributed by atoms with Gasteiger partial charge in [0.05, 0.1) is 17.4 Å². The summed E-state index contributed by atoms with van der Waals surface area (Å²) in [7, 11) is 0. The Kier molecular flexibility index (Phi) is 5.92. The summed E-state index contributed by atoms with van der Waals surface area (Å²) >= 11 is 6.85. The van der Waals surface area contributed by atoms with E-state index in [-0.39, 0.29) is 12.0 Å². The SMILES string of the molecule is O=C(Nc1ccc(Br)cc1Br)c1ccccc1OCC1CCCO1. The van der Waals surface area contributed by atoms with Crippen LogP contribution < -0.4 is 10.1 Å². The van der Waals surface area contributed by atoms with Crippen molar-refractivity contribution in [1.82, 2.24) is 0 Å². The molecule has 24 heavy (non-hydrogen) atoms. The maximum absolute atomic E-state index is 12.6. The first kappa shape index (κ1) is 17.5. The van der Waals surface area contributed by atoms with Gasteiger partial charge >= 0.3 is 0 Å². The Labute approximate surface area is 157 Å². The van der Waals surface area contributed by atoms with Crippen molar-refractivity contribution in [2.45, 2.75) is 18.9 Å². The summed E-state index contributed by atoms with van der Waals surface area (Å²) in [5, 5.41) is 2.90. The van der Waals surface area contributed by atoms with E-state index in [1.807, 2.05) is 30.3 Å². The van der Waals surface area contributed by atoms with Crippen molar-refractivity contribution in [3.05, 3.63) is 57.0 Å². The first-order valence-corrected chi connectivity index (χ1v) is 9.32. The molecule has 1 atom stereocenters. The van der Waals surface area contributed by atoms with Gasteiger partial charge in [-0.15, -0.1) is 0 Å². The van der Waals surface area contributed by atoms with Gasteiger partial charge in [-0.1, -0.05) is 28.1 Å². The minimum atomic E-state index is -0.207. The minimum Gasteiger partial charge on any atom is -0.490 e. The van der Waals surface area contributed by atoms with Crippen LogP contribution in [0, 0.1) is 0 Å². The summed E-state index contributed by atoms with van der Waals surface area (Å²) in [6, 6.07) is 12.8. The van der Waals surface area contributed by atoms with Gasteiger partial charge in [0.1, 0.15) is 12.4 Å². The smallest absolute Gasteiger partial charge is 0.259 e. The van der Waals surface area contributed by atoms with Gasteiger partial charge in [0.15, 0.2) is 0 Å². The van der Waals surface area contributed by atoms with E-state index in [2.05, 4.69) is 37.2 Å². The maximum Gasteiger partial charge on any atom is 0.259 e. The number of amides is 1. The lowest BCUT2D eigenvalue weighted by molar-refractivity contribution is 0.0673. The van der Waals surface area contributed by atoms with Gasteiger partial charge in [-0.2, -0.15) is 0 Å². The van der Waals surface area contributed by atoms with E-state index in [1.165, 1.54) is 0 Å². The highest BCUT2D eigenvalue weighted by molar-refractivity contribution is 9.11. The molecular weight excluding hydrogens is 438 g/mol. The summed E-state index contributed by atoms with van der Waals surface area (Å²) in [6.45, 7) is 1.25. The molecule has 0 aliphatic carbocycles. The van der Waals surface area contributed by atoms with Crippen molar-refractivity contribution in [2.75, 3.05) is 18.5 Å². The third kappa shape index (κ3) is 4.37. The molecule has 0 spiro atoms. The Bertz CT molecular complexity index is 730. The first-order valence-electron chi connectivity index (χ1n) is 7.73. The zero-order valence-corrected chi connectivity index (χ0v) is 16.1. The average Bonchev–Trinajstić information content (AvgIpc) is 3.09. The van der Waals surface area contributed by atoms with E-state index in [4.69, 9.17) is 9.47 Å². The highest BCUT2D eigenvalue weighted by Gasteiger charge is 2.18. The lowest BCUT2D eigenvalue weighted by Crippen LogP contribution is -2.19. The molecule has 1 amide bonds. The van der Waals surface area contributed by atoms with Crippen molar-refractivity contribution < 1.29 is 14.3 Å². The molecule has 0 saturated carbocycles. The third-order valence-corrected chi connectivity index (χ3v) is 4.91. The molecule has 126 valence electrons. The van der Waals surface area contributed by atoms with E-state index in [0.717, 1.165) is 28.4 Å². The zero-order valence-electron chi connectivity index (χ0n) is 12.9. The largest absolute Gasteiger partial charge is 0.490 e. The molecule has 1 N–H and O–H groups in total. The molecule has 2 aromatic carbocycles. The second-order valence-corrected chi connectivity index (χ2v) is 7.29. The summed E-state index contributed by atoms with van der Waals surface area (Å²) < 4.78 is 13.1. The summed E-state index contributed by atoms with van der Waals surface area (Å²) in [4.78, 5) is 12.6. The number of carbonyl (C=O) groups is 1. The Morgan fingerprint density at radius 1 is 1.25 bits per heavy atom. The summed E-state index contributed by atoms with van der Waals surface area (Å²) in [6.07, 6.45) is 2.18. The monoisotopic (exact) mass is 453 g/mol. The molecule has 1 heterocycles. The quantitative estimate of drug-likeness (QED) is 0.689. The Morgan fingerprint density at radius 3 is 2.83 bits per heavy atom. The lowest BCUT2D eigenvalue weighted by atomic mass is 10.1. The zero-order chi connectivity index (χ0) is 16.9. The van der Waals surface area contributed by atoms with Gasteiger partial charge < -0.3 is 14.8 Å². The van der Waals surface area contributed by atoms with Crippen LogP contribution in [0.25, 0.3) is 0 Å². The molecule has 6 heteroatoms. The average molecular weight is 455 g/mol. The van der Waals surface area contributed by atoms with Gasteiger partial charge in [0.25, 0.3) is 5.91 Å². The van der Waals surface area contributed by atoms with Gasteiger partial charge in [-0.25, -0.2) is 0 Å². The number of halogens is 2. The second kappa shape index (κ2) is 8.14. The van der Waals surface area contributed by atoms with Crippen LogP contribution in [0.5, 0.6) is 5.75 Å². The van der Waals surface area contributed by atoms with E-state index >= 15 is 0 Å². The van der Waals surface area contributed by atoms with Crippen LogP contribution in [0.15, 0.2) is 51.4 Å². The standard InChI is InChI=1S/C18H17Br2NO3/c19-12-7-8-16(15(20)10-12)21-18(22)14-5-1-2-6-17(14)24-11-13-4-3-9-23-13/h1-2,5-8,10,13H,3-4,9,11H2,(H,21,22). The van der Waals surface area contributed by atoms with Crippen molar-refractivity contribution >= 4 is 43.5 Å². The summed E-state index contributed by atoms with van der Waals surface area (Å²) in [5.74, 6) is 0.361. The van der Waals surface area contributed by atoms with E-state index in [0.29, 0.717) is 23.6 Å². The molecule has 1 fully saturated rings. The highest BCUT2D eigenvalue weighted by Crippen LogP contribution is 2.28. The number of nitrogens with one attached hydrogen (secondary N) is 1. The van der Waals surface area contributed by atoms with Gasteiger partial charge in [0, 0.05) is 15.6 Å². The van der Waals surface area contributed by atoms with Crippen LogP contribution in [0.2, 0.25) is 0 Å². The maximum atomic E-state index is 12.6. The van der Waals surface area contributed by atoms with Gasteiger partial charge in [-0.05, 0) is 59.1 Å². The second-order valence-electron chi connectivity index (χ2n) is 5.52.